The van der Waals surface area contributed by atoms with Crippen molar-refractivity contribution < 1.29 is 22.7 Å². The lowest BCUT2D eigenvalue weighted by atomic mass is 10.2. The number of ether oxygens (including phenoxy) is 2. The van der Waals surface area contributed by atoms with E-state index in [1.54, 1.807) is 18.1 Å². The van der Waals surface area contributed by atoms with Gasteiger partial charge in [-0.15, -0.1) is 0 Å². The first-order valence-corrected chi connectivity index (χ1v) is 11.2. The zero-order chi connectivity index (χ0) is 21.0. The number of benzene rings is 1. The molecule has 2 fully saturated rings. The van der Waals surface area contributed by atoms with Crippen LogP contribution < -0.4 is 4.74 Å². The van der Waals surface area contributed by atoms with Crippen LogP contribution in [0.15, 0.2) is 30.3 Å². The van der Waals surface area contributed by atoms with E-state index in [0.717, 1.165) is 5.56 Å². The number of carbonyl (C=O) groups is 1. The summed E-state index contributed by atoms with van der Waals surface area (Å²) in [6.07, 6.45) is 2.97. The topological polar surface area (TPSA) is 79.4 Å². The average Bonchev–Trinajstić information content (AvgIpc) is 2.71. The Hall–Kier alpha value is -1.94. The van der Waals surface area contributed by atoms with Gasteiger partial charge in [0.1, 0.15) is 5.75 Å². The molecular weight excluding hydrogens is 394 g/mol. The van der Waals surface area contributed by atoms with Crippen molar-refractivity contribution in [3.05, 3.63) is 35.9 Å². The van der Waals surface area contributed by atoms with Crippen LogP contribution in [0.3, 0.4) is 0 Å². The molecule has 0 aliphatic carbocycles. The molecule has 0 radical (unpaired) electrons. The Morgan fingerprint density at radius 1 is 1.07 bits per heavy atom. The van der Waals surface area contributed by atoms with E-state index in [1.165, 1.54) is 14.7 Å². The van der Waals surface area contributed by atoms with Crippen LogP contribution in [0.25, 0.3) is 6.08 Å². The van der Waals surface area contributed by atoms with Crippen LogP contribution >= 0.6 is 0 Å². The van der Waals surface area contributed by atoms with Gasteiger partial charge in [0.25, 0.3) is 10.2 Å². The molecule has 0 N–H and O–H groups in total. The SMILES string of the molecule is COc1ccccc1/C=C/C(=O)N1CCN(S(=O)(=O)N2CC(C)OC(C)C2)CC1. The van der Waals surface area contributed by atoms with E-state index in [0.29, 0.717) is 31.9 Å². The molecule has 0 bridgehead atoms. The summed E-state index contributed by atoms with van der Waals surface area (Å²) in [5, 5.41) is 0. The maximum atomic E-state index is 13.0. The summed E-state index contributed by atoms with van der Waals surface area (Å²) < 4.78 is 39.8. The molecule has 0 spiro atoms. The van der Waals surface area contributed by atoms with E-state index < -0.39 is 10.2 Å². The van der Waals surface area contributed by atoms with E-state index in [4.69, 9.17) is 9.47 Å². The van der Waals surface area contributed by atoms with E-state index in [2.05, 4.69) is 0 Å². The Kier molecular flexibility index (Phi) is 6.94. The van der Waals surface area contributed by atoms with Gasteiger partial charge >= 0.3 is 0 Å². The minimum absolute atomic E-state index is 0.128. The fourth-order valence-corrected chi connectivity index (χ4v) is 5.44. The lowest BCUT2D eigenvalue weighted by Crippen LogP contribution is -2.57. The Bertz CT molecular complexity index is 839. The number of nitrogens with zero attached hydrogens (tertiary/aromatic N) is 3. The molecule has 29 heavy (non-hydrogen) atoms. The highest BCUT2D eigenvalue weighted by molar-refractivity contribution is 7.86. The molecule has 3 rings (SSSR count). The third-order valence-corrected chi connectivity index (χ3v) is 7.10. The highest BCUT2D eigenvalue weighted by atomic mass is 32.2. The summed E-state index contributed by atoms with van der Waals surface area (Å²) in [7, 11) is -1.96. The number of para-hydroxylation sites is 1. The van der Waals surface area contributed by atoms with Gasteiger partial charge in [0.15, 0.2) is 0 Å². The molecule has 2 unspecified atom stereocenters. The molecule has 1 amide bonds. The van der Waals surface area contributed by atoms with Gasteiger partial charge in [-0.3, -0.25) is 4.79 Å². The maximum absolute atomic E-state index is 13.0. The Morgan fingerprint density at radius 3 is 2.31 bits per heavy atom. The second-order valence-corrected chi connectivity index (χ2v) is 9.31. The van der Waals surface area contributed by atoms with Crippen LogP contribution in [-0.4, -0.2) is 86.4 Å². The second-order valence-electron chi connectivity index (χ2n) is 7.38. The van der Waals surface area contributed by atoms with Crippen LogP contribution in [0.1, 0.15) is 19.4 Å². The van der Waals surface area contributed by atoms with Gasteiger partial charge in [-0.05, 0) is 26.0 Å². The predicted octanol–water partition coefficient (Wildman–Crippen LogP) is 1.21. The fourth-order valence-electron chi connectivity index (χ4n) is 3.69. The maximum Gasteiger partial charge on any atom is 0.282 e. The quantitative estimate of drug-likeness (QED) is 0.665. The number of hydrogen-bond donors (Lipinski definition) is 0. The minimum Gasteiger partial charge on any atom is -0.496 e. The van der Waals surface area contributed by atoms with Gasteiger partial charge in [0.2, 0.25) is 5.91 Å². The van der Waals surface area contributed by atoms with Gasteiger partial charge in [-0.2, -0.15) is 17.0 Å². The summed E-state index contributed by atoms with van der Waals surface area (Å²) in [6.45, 7) is 5.77. The summed E-state index contributed by atoms with van der Waals surface area (Å²) in [4.78, 5) is 14.2. The highest BCUT2D eigenvalue weighted by Crippen LogP contribution is 2.20. The molecule has 2 saturated heterocycles. The van der Waals surface area contributed by atoms with Gasteiger partial charge in [-0.25, -0.2) is 0 Å². The van der Waals surface area contributed by atoms with Crippen LogP contribution in [0.2, 0.25) is 0 Å². The number of carbonyl (C=O) groups excluding carboxylic acids is 1. The Morgan fingerprint density at radius 2 is 1.69 bits per heavy atom. The molecule has 2 aliphatic rings. The largest absolute Gasteiger partial charge is 0.496 e. The summed E-state index contributed by atoms with van der Waals surface area (Å²) in [6, 6.07) is 7.45. The summed E-state index contributed by atoms with van der Waals surface area (Å²) in [5.41, 5.74) is 0.820. The molecule has 0 aromatic heterocycles. The number of piperazine rings is 1. The van der Waals surface area contributed by atoms with Crippen LogP contribution in [0.4, 0.5) is 0 Å². The van der Waals surface area contributed by atoms with Crippen molar-refractivity contribution in [2.24, 2.45) is 0 Å². The zero-order valence-electron chi connectivity index (χ0n) is 17.2. The molecule has 1 aromatic rings. The molecule has 160 valence electrons. The minimum atomic E-state index is -3.55. The fraction of sp³-hybridized carbons (Fsp3) is 0.550. The molecule has 2 aliphatic heterocycles. The van der Waals surface area contributed by atoms with E-state index >= 15 is 0 Å². The third kappa shape index (κ3) is 5.16. The highest BCUT2D eigenvalue weighted by Gasteiger charge is 2.37. The van der Waals surface area contributed by atoms with Crippen LogP contribution in [0, 0.1) is 0 Å². The molecule has 8 nitrogen and oxygen atoms in total. The lowest BCUT2D eigenvalue weighted by Gasteiger charge is -2.40. The van der Waals surface area contributed by atoms with Crippen LogP contribution in [-0.2, 0) is 19.7 Å². The van der Waals surface area contributed by atoms with Crippen molar-refractivity contribution >= 4 is 22.2 Å². The van der Waals surface area contributed by atoms with Gasteiger partial charge in [0, 0.05) is 50.9 Å². The second kappa shape index (κ2) is 9.25. The van der Waals surface area contributed by atoms with Crippen LogP contribution in [0.5, 0.6) is 5.75 Å². The Labute approximate surface area is 172 Å². The monoisotopic (exact) mass is 423 g/mol. The van der Waals surface area contributed by atoms with Crippen molar-refractivity contribution in [1.29, 1.82) is 0 Å². The first-order chi connectivity index (χ1) is 13.8. The van der Waals surface area contributed by atoms with Crippen molar-refractivity contribution in [2.45, 2.75) is 26.1 Å². The van der Waals surface area contributed by atoms with Gasteiger partial charge < -0.3 is 14.4 Å². The molecule has 2 atom stereocenters. The first-order valence-electron chi connectivity index (χ1n) is 9.82. The van der Waals surface area contributed by atoms with Crippen molar-refractivity contribution in [2.75, 3.05) is 46.4 Å². The van der Waals surface area contributed by atoms with E-state index in [1.807, 2.05) is 38.1 Å². The normalized spacial score (nSPS) is 24.7. The van der Waals surface area contributed by atoms with E-state index in [-0.39, 0.29) is 31.2 Å². The van der Waals surface area contributed by atoms with Gasteiger partial charge in [-0.1, -0.05) is 18.2 Å². The average molecular weight is 424 g/mol. The Balaban J connectivity index is 1.58. The number of amides is 1. The molecular formula is C20H29N3O5S. The number of rotatable bonds is 5. The smallest absolute Gasteiger partial charge is 0.282 e. The zero-order valence-corrected chi connectivity index (χ0v) is 18.0. The predicted molar refractivity (Wildman–Crippen MR) is 111 cm³/mol. The molecule has 2 heterocycles. The third-order valence-electron chi connectivity index (χ3n) is 5.13. The van der Waals surface area contributed by atoms with Crippen molar-refractivity contribution in [3.63, 3.8) is 0 Å². The lowest BCUT2D eigenvalue weighted by molar-refractivity contribution is -0.127. The molecule has 1 aromatic carbocycles. The number of morpholine rings is 1. The van der Waals surface area contributed by atoms with E-state index in [9.17, 15) is 13.2 Å². The van der Waals surface area contributed by atoms with Crippen molar-refractivity contribution in [3.8, 4) is 5.75 Å². The number of methoxy groups -OCH3 is 1. The summed E-state index contributed by atoms with van der Waals surface area (Å²) >= 11 is 0. The number of hydrogen-bond acceptors (Lipinski definition) is 5. The first kappa shape index (κ1) is 21.8. The van der Waals surface area contributed by atoms with Gasteiger partial charge in [0.05, 0.1) is 19.3 Å². The molecule has 0 saturated carbocycles. The van der Waals surface area contributed by atoms with Crippen molar-refractivity contribution in [1.82, 2.24) is 13.5 Å². The molecule has 9 heteroatoms. The standard InChI is InChI=1S/C20H29N3O5S/c1-16-14-23(15-17(2)28-16)29(25,26)22-12-10-21(11-13-22)20(24)9-8-18-6-4-5-7-19(18)27-3/h4-9,16-17H,10-15H2,1-3H3/b9-8+. The summed E-state index contributed by atoms with van der Waals surface area (Å²) in [5.74, 6) is 0.558.